The Labute approximate surface area is 215 Å². The van der Waals surface area contributed by atoms with Gasteiger partial charge in [0, 0.05) is 43.2 Å². The average molecular weight is 531 g/mol. The molecule has 2 aromatic carbocycles. The first-order chi connectivity index (χ1) is 18.4. The highest BCUT2D eigenvalue weighted by Gasteiger charge is 2.22. The molecule has 0 saturated carbocycles. The van der Waals surface area contributed by atoms with Gasteiger partial charge in [-0.15, -0.1) is 0 Å². The van der Waals surface area contributed by atoms with E-state index >= 15 is 0 Å². The van der Waals surface area contributed by atoms with Crippen LogP contribution in [0.1, 0.15) is 10.4 Å². The molecule has 0 aliphatic heterocycles. The van der Waals surface area contributed by atoms with E-state index in [1.807, 2.05) is 0 Å². The fourth-order valence-corrected chi connectivity index (χ4v) is 3.28. The Balaban J connectivity index is 0.000000336. The molecular weight excluding hydrogens is 507 g/mol. The van der Waals surface area contributed by atoms with E-state index in [4.69, 9.17) is 24.1 Å². The summed E-state index contributed by atoms with van der Waals surface area (Å²) in [6.07, 6.45) is 5.13. The number of methoxy groups -OCH3 is 2. The van der Waals surface area contributed by atoms with E-state index in [9.17, 15) is 18.0 Å². The van der Waals surface area contributed by atoms with Crippen molar-refractivity contribution in [1.82, 2.24) is 9.97 Å². The van der Waals surface area contributed by atoms with Gasteiger partial charge in [-0.3, -0.25) is 14.8 Å². The van der Waals surface area contributed by atoms with Crippen LogP contribution >= 0.6 is 0 Å². The number of halogens is 3. The molecule has 2 heterocycles. The first-order valence-electron chi connectivity index (χ1n) is 11.0. The van der Waals surface area contributed by atoms with Gasteiger partial charge < -0.3 is 29.4 Å². The molecule has 38 heavy (non-hydrogen) atoms. The molecule has 0 fully saturated rings. The monoisotopic (exact) mass is 531 g/mol. The number of carbonyl (C=O) groups is 1. The lowest BCUT2D eigenvalue weighted by molar-refractivity contribution is 0.112. The van der Waals surface area contributed by atoms with Crippen LogP contribution in [0.25, 0.3) is 10.9 Å². The third-order valence-corrected chi connectivity index (χ3v) is 5.09. The number of rotatable bonds is 9. The summed E-state index contributed by atoms with van der Waals surface area (Å²) < 4.78 is 63.4. The number of aliphatic hydroxyl groups excluding tert-OH is 1. The molecule has 9 nitrogen and oxygen atoms in total. The third kappa shape index (κ3) is 6.21. The summed E-state index contributed by atoms with van der Waals surface area (Å²) in [6, 6.07) is 6.87. The summed E-state index contributed by atoms with van der Waals surface area (Å²) in [6.45, 7) is -0.205. The second-order valence-electron chi connectivity index (χ2n) is 7.35. The minimum atomic E-state index is -1.46. The number of aromatic nitrogens is 2. The zero-order valence-electron chi connectivity index (χ0n) is 20.6. The van der Waals surface area contributed by atoms with Crippen LogP contribution in [0.5, 0.6) is 28.7 Å². The van der Waals surface area contributed by atoms with Crippen molar-refractivity contribution in [3.8, 4) is 28.7 Å². The Kier molecular flexibility index (Phi) is 9.66. The highest BCUT2D eigenvalue weighted by Crippen LogP contribution is 2.39. The molecule has 0 radical (unpaired) electrons. The highest BCUT2D eigenvalue weighted by atomic mass is 19.2. The predicted octanol–water partition coefficient (Wildman–Crippen LogP) is 4.77. The highest BCUT2D eigenvalue weighted by molar-refractivity contribution is 5.88. The summed E-state index contributed by atoms with van der Waals surface area (Å²) in [5.74, 6) is -3.44. The van der Waals surface area contributed by atoms with E-state index in [0.29, 0.717) is 34.3 Å². The number of hydrogen-bond acceptors (Lipinski definition) is 9. The number of aldehydes is 1. The number of pyridine rings is 2. The van der Waals surface area contributed by atoms with Crippen LogP contribution in [0, 0.1) is 17.5 Å². The van der Waals surface area contributed by atoms with Gasteiger partial charge >= 0.3 is 0 Å². The van der Waals surface area contributed by atoms with Crippen LogP contribution in [0.3, 0.4) is 0 Å². The molecule has 4 rings (SSSR count). The van der Waals surface area contributed by atoms with Crippen molar-refractivity contribution in [1.29, 1.82) is 0 Å². The fourth-order valence-electron chi connectivity index (χ4n) is 3.28. The third-order valence-electron chi connectivity index (χ3n) is 5.09. The molecule has 0 unspecified atom stereocenters. The molecule has 2 N–H and O–H groups in total. The van der Waals surface area contributed by atoms with E-state index in [1.54, 1.807) is 18.3 Å². The van der Waals surface area contributed by atoms with Gasteiger partial charge in [0.25, 0.3) is 0 Å². The maximum atomic E-state index is 14.3. The van der Waals surface area contributed by atoms with Crippen LogP contribution in [0.2, 0.25) is 0 Å². The number of benzene rings is 2. The van der Waals surface area contributed by atoms with Crippen molar-refractivity contribution in [3.63, 3.8) is 0 Å². The minimum absolute atomic E-state index is 0.0122. The Morgan fingerprint density at radius 2 is 1.71 bits per heavy atom. The van der Waals surface area contributed by atoms with E-state index < -0.39 is 23.2 Å². The van der Waals surface area contributed by atoms with Crippen LogP contribution in [0.15, 0.2) is 48.9 Å². The van der Waals surface area contributed by atoms with E-state index in [2.05, 4.69) is 15.3 Å². The van der Waals surface area contributed by atoms with Crippen molar-refractivity contribution in [2.45, 2.75) is 0 Å². The topological polar surface area (TPSA) is 112 Å². The first-order valence-corrected chi connectivity index (χ1v) is 11.0. The zero-order valence-corrected chi connectivity index (χ0v) is 20.6. The second kappa shape index (κ2) is 13.1. The van der Waals surface area contributed by atoms with Crippen LogP contribution < -0.4 is 24.3 Å². The van der Waals surface area contributed by atoms with Gasteiger partial charge in [0.15, 0.2) is 29.4 Å². The predicted molar refractivity (Wildman–Crippen MR) is 133 cm³/mol. The summed E-state index contributed by atoms with van der Waals surface area (Å²) in [7, 11) is 4.29. The number of nitrogens with zero attached hydrogens (tertiary/aromatic N) is 2. The summed E-state index contributed by atoms with van der Waals surface area (Å²) in [5.41, 5.74) is 0.551. The summed E-state index contributed by atoms with van der Waals surface area (Å²) in [4.78, 5) is 18.2. The number of aliphatic hydroxyl groups is 1. The normalized spacial score (nSPS) is 10.3. The number of carbonyl (C=O) groups excluding carboxylic acids is 1. The van der Waals surface area contributed by atoms with Gasteiger partial charge in [-0.05, 0) is 18.2 Å². The lowest BCUT2D eigenvalue weighted by Crippen LogP contribution is -2.04. The number of nitrogens with one attached hydrogen (secondary N) is 1. The average Bonchev–Trinajstić information content (AvgIpc) is 2.95. The lowest BCUT2D eigenvalue weighted by atomic mass is 10.1. The van der Waals surface area contributed by atoms with Crippen molar-refractivity contribution >= 4 is 22.9 Å². The summed E-state index contributed by atoms with van der Waals surface area (Å²) >= 11 is 0. The zero-order chi connectivity index (χ0) is 27.7. The van der Waals surface area contributed by atoms with E-state index in [0.717, 1.165) is 6.07 Å². The Morgan fingerprint density at radius 1 is 0.974 bits per heavy atom. The molecule has 2 aromatic heterocycles. The maximum Gasteiger partial charge on any atom is 0.206 e. The number of ether oxygens (including phenoxy) is 4. The van der Waals surface area contributed by atoms with Crippen molar-refractivity contribution in [3.05, 3.63) is 71.9 Å². The van der Waals surface area contributed by atoms with Gasteiger partial charge in [-0.25, -0.2) is 8.78 Å². The van der Waals surface area contributed by atoms with Gasteiger partial charge in [0.1, 0.15) is 18.1 Å². The molecule has 200 valence electrons. The molecule has 0 atom stereocenters. The Morgan fingerprint density at radius 3 is 2.34 bits per heavy atom. The maximum absolute atomic E-state index is 14.3. The molecule has 0 aliphatic carbocycles. The van der Waals surface area contributed by atoms with Crippen molar-refractivity contribution in [2.24, 2.45) is 0 Å². The van der Waals surface area contributed by atoms with E-state index in [-0.39, 0.29) is 30.4 Å². The SMILES string of the molecule is CNc1cc(F)c(Oc2ccnc3cc(OC)c(OCCO)cc23)c(F)c1F.COc1ccncc1C=O. The largest absolute Gasteiger partial charge is 0.496 e. The van der Waals surface area contributed by atoms with Gasteiger partial charge in [-0.1, -0.05) is 0 Å². The Bertz CT molecular complexity index is 1420. The fraction of sp³-hybridized carbons (Fsp3) is 0.192. The minimum Gasteiger partial charge on any atom is -0.496 e. The van der Waals surface area contributed by atoms with Crippen molar-refractivity contribution in [2.75, 3.05) is 39.8 Å². The molecule has 0 bridgehead atoms. The molecule has 0 saturated heterocycles. The Hall–Kier alpha value is -4.58. The van der Waals surface area contributed by atoms with E-state index in [1.165, 1.54) is 45.8 Å². The van der Waals surface area contributed by atoms with Crippen LogP contribution in [-0.4, -0.2) is 55.8 Å². The lowest BCUT2D eigenvalue weighted by Gasteiger charge is -2.15. The molecule has 0 amide bonds. The second-order valence-corrected chi connectivity index (χ2v) is 7.35. The molecule has 12 heteroatoms. The molecular formula is C26H24F3N3O6. The van der Waals surface area contributed by atoms with Crippen LogP contribution in [0.4, 0.5) is 18.9 Å². The molecule has 0 spiro atoms. The smallest absolute Gasteiger partial charge is 0.206 e. The van der Waals surface area contributed by atoms with Gasteiger partial charge in [0.2, 0.25) is 11.6 Å². The molecule has 4 aromatic rings. The number of fused-ring (bicyclic) bond motifs is 1. The van der Waals surface area contributed by atoms with Gasteiger partial charge in [0.05, 0.1) is 37.6 Å². The summed E-state index contributed by atoms with van der Waals surface area (Å²) in [5, 5.41) is 11.7. The standard InChI is InChI=1S/C19H17F3N2O4.C7H7NO2/c1-23-13-8-11(20)19(18(22)17(13)21)28-14-3-4-24-12-9-15(26-2)16(7-10(12)14)27-6-5-25;1-10-7-2-3-8-4-6(7)5-9/h3-4,7-9,23,25H,5-6H2,1-2H3;2-5H,1H3. The van der Waals surface area contributed by atoms with Crippen molar-refractivity contribution < 1.29 is 42.0 Å². The van der Waals surface area contributed by atoms with Gasteiger partial charge in [-0.2, -0.15) is 4.39 Å². The molecule has 0 aliphatic rings. The quantitative estimate of drug-likeness (QED) is 0.233. The van der Waals surface area contributed by atoms with Crippen LogP contribution in [-0.2, 0) is 0 Å². The first kappa shape index (κ1) is 28.0. The number of hydrogen-bond donors (Lipinski definition) is 2. The number of anilines is 1.